The Labute approximate surface area is 98.7 Å². The Hall–Kier alpha value is -1.01. The molecule has 2 N–H and O–H groups in total. The minimum absolute atomic E-state index is 0.0247. The van der Waals surface area contributed by atoms with Gasteiger partial charge < -0.3 is 5.73 Å². The summed E-state index contributed by atoms with van der Waals surface area (Å²) < 4.78 is 1.82. The zero-order valence-corrected chi connectivity index (χ0v) is 10.7. The Morgan fingerprint density at radius 1 is 1.38 bits per heavy atom. The van der Waals surface area contributed by atoms with E-state index in [-0.39, 0.29) is 6.04 Å². The Kier molecular flexibility index (Phi) is 3.20. The molecule has 0 aliphatic rings. The first kappa shape index (κ1) is 11.5. The van der Waals surface area contributed by atoms with Gasteiger partial charge in [-0.1, -0.05) is 38.5 Å². The standard InChI is InChI=1S/C10H17N5S/c1-4-5-7(11)9-14-15-8(6(2)3)12-13-10(15)16-9/h6-7H,4-5,11H2,1-3H3. The van der Waals surface area contributed by atoms with Gasteiger partial charge in [-0.25, -0.2) is 0 Å². The van der Waals surface area contributed by atoms with Crippen molar-refractivity contribution in [3.8, 4) is 0 Å². The van der Waals surface area contributed by atoms with Crippen molar-refractivity contribution in [1.29, 1.82) is 0 Å². The summed E-state index contributed by atoms with van der Waals surface area (Å²) in [7, 11) is 0. The summed E-state index contributed by atoms with van der Waals surface area (Å²) in [5.41, 5.74) is 6.04. The highest BCUT2D eigenvalue weighted by Gasteiger charge is 2.17. The van der Waals surface area contributed by atoms with E-state index in [9.17, 15) is 0 Å². The van der Waals surface area contributed by atoms with Gasteiger partial charge in [-0.15, -0.1) is 10.2 Å². The molecule has 1 atom stereocenters. The molecule has 88 valence electrons. The minimum Gasteiger partial charge on any atom is -0.322 e. The van der Waals surface area contributed by atoms with Gasteiger partial charge in [0, 0.05) is 5.92 Å². The molecule has 0 fully saturated rings. The topological polar surface area (TPSA) is 69.1 Å². The third-order valence-electron chi connectivity index (χ3n) is 2.46. The molecule has 0 spiro atoms. The predicted octanol–water partition coefficient (Wildman–Crippen LogP) is 2.11. The Morgan fingerprint density at radius 3 is 2.75 bits per heavy atom. The smallest absolute Gasteiger partial charge is 0.234 e. The maximum absolute atomic E-state index is 6.04. The Bertz CT molecular complexity index is 472. The molecule has 0 radical (unpaired) electrons. The first-order chi connectivity index (χ1) is 7.63. The van der Waals surface area contributed by atoms with Crippen LogP contribution in [0.15, 0.2) is 0 Å². The van der Waals surface area contributed by atoms with Gasteiger partial charge in [0.15, 0.2) is 5.82 Å². The molecule has 2 rings (SSSR count). The predicted molar refractivity (Wildman–Crippen MR) is 64.6 cm³/mol. The summed E-state index contributed by atoms with van der Waals surface area (Å²) in [6.07, 6.45) is 2.03. The van der Waals surface area contributed by atoms with Crippen LogP contribution in [0, 0.1) is 0 Å². The van der Waals surface area contributed by atoms with E-state index in [1.807, 2.05) is 4.52 Å². The van der Waals surface area contributed by atoms with Crippen molar-refractivity contribution >= 4 is 16.3 Å². The number of nitrogens with two attached hydrogens (primary N) is 1. The molecule has 0 aliphatic heterocycles. The van der Waals surface area contributed by atoms with Crippen molar-refractivity contribution in [2.75, 3.05) is 0 Å². The number of aromatic nitrogens is 4. The monoisotopic (exact) mass is 239 g/mol. The highest BCUT2D eigenvalue weighted by Crippen LogP contribution is 2.23. The van der Waals surface area contributed by atoms with E-state index in [0.29, 0.717) is 5.92 Å². The van der Waals surface area contributed by atoms with Crippen molar-refractivity contribution in [2.24, 2.45) is 5.73 Å². The Morgan fingerprint density at radius 2 is 2.12 bits per heavy atom. The van der Waals surface area contributed by atoms with Gasteiger partial charge in [-0.2, -0.15) is 9.61 Å². The SMILES string of the molecule is CCCC(N)c1nn2c(C(C)C)nnc2s1. The maximum atomic E-state index is 6.04. The highest BCUT2D eigenvalue weighted by molar-refractivity contribution is 7.16. The average Bonchev–Trinajstić information content (AvgIpc) is 2.74. The number of hydrogen-bond donors (Lipinski definition) is 1. The summed E-state index contributed by atoms with van der Waals surface area (Å²) >= 11 is 1.54. The molecule has 0 saturated carbocycles. The van der Waals surface area contributed by atoms with E-state index in [4.69, 9.17) is 5.73 Å². The van der Waals surface area contributed by atoms with Gasteiger partial charge in [0.1, 0.15) is 5.01 Å². The lowest BCUT2D eigenvalue weighted by atomic mass is 10.2. The number of fused-ring (bicyclic) bond motifs is 1. The second kappa shape index (κ2) is 4.47. The molecule has 0 amide bonds. The van der Waals surface area contributed by atoms with E-state index >= 15 is 0 Å². The molecular formula is C10H17N5S. The van der Waals surface area contributed by atoms with E-state index in [0.717, 1.165) is 28.6 Å². The molecular weight excluding hydrogens is 222 g/mol. The normalized spacial score (nSPS) is 13.8. The lowest BCUT2D eigenvalue weighted by Crippen LogP contribution is -2.10. The van der Waals surface area contributed by atoms with Gasteiger partial charge in [-0.05, 0) is 6.42 Å². The van der Waals surface area contributed by atoms with Crippen LogP contribution in [0.5, 0.6) is 0 Å². The van der Waals surface area contributed by atoms with Crippen molar-refractivity contribution in [2.45, 2.75) is 45.6 Å². The van der Waals surface area contributed by atoms with Crippen molar-refractivity contribution in [3.05, 3.63) is 10.8 Å². The Balaban J connectivity index is 2.37. The van der Waals surface area contributed by atoms with Crippen molar-refractivity contribution < 1.29 is 0 Å². The number of hydrogen-bond acceptors (Lipinski definition) is 5. The van der Waals surface area contributed by atoms with Crippen LogP contribution in [0.25, 0.3) is 4.96 Å². The van der Waals surface area contributed by atoms with Crippen molar-refractivity contribution in [3.63, 3.8) is 0 Å². The number of nitrogens with zero attached hydrogens (tertiary/aromatic N) is 4. The second-order valence-corrected chi connectivity index (χ2v) is 5.23. The van der Waals surface area contributed by atoms with E-state index in [1.54, 1.807) is 0 Å². The van der Waals surface area contributed by atoms with Gasteiger partial charge >= 0.3 is 0 Å². The van der Waals surface area contributed by atoms with Crippen LogP contribution in [0.2, 0.25) is 0 Å². The fourth-order valence-electron chi connectivity index (χ4n) is 1.59. The van der Waals surface area contributed by atoms with E-state index in [1.165, 1.54) is 11.3 Å². The molecule has 2 heterocycles. The summed E-state index contributed by atoms with van der Waals surface area (Å²) in [4.78, 5) is 0.838. The van der Waals surface area contributed by atoms with Gasteiger partial charge in [-0.3, -0.25) is 0 Å². The van der Waals surface area contributed by atoms with Gasteiger partial charge in [0.25, 0.3) is 0 Å². The fraction of sp³-hybridized carbons (Fsp3) is 0.700. The molecule has 2 aromatic heterocycles. The molecule has 0 saturated heterocycles. The second-order valence-electron chi connectivity index (χ2n) is 4.24. The third kappa shape index (κ3) is 1.94. The molecule has 5 nitrogen and oxygen atoms in total. The fourth-order valence-corrected chi connectivity index (χ4v) is 2.47. The largest absolute Gasteiger partial charge is 0.322 e. The van der Waals surface area contributed by atoms with Crippen LogP contribution >= 0.6 is 11.3 Å². The van der Waals surface area contributed by atoms with Crippen molar-refractivity contribution in [1.82, 2.24) is 19.8 Å². The molecule has 0 bridgehead atoms. The number of rotatable bonds is 4. The molecule has 6 heteroatoms. The van der Waals surface area contributed by atoms with Gasteiger partial charge in [0.05, 0.1) is 6.04 Å². The summed E-state index contributed by atoms with van der Waals surface area (Å²) in [5, 5.41) is 13.7. The van der Waals surface area contributed by atoms with Crippen LogP contribution in [0.3, 0.4) is 0 Å². The lowest BCUT2D eigenvalue weighted by Gasteiger charge is -2.04. The average molecular weight is 239 g/mol. The third-order valence-corrected chi connectivity index (χ3v) is 3.49. The van der Waals surface area contributed by atoms with E-state index in [2.05, 4.69) is 36.1 Å². The summed E-state index contributed by atoms with van der Waals surface area (Å²) in [6, 6.07) is 0.0247. The van der Waals surface area contributed by atoms with Crippen LogP contribution in [0.4, 0.5) is 0 Å². The quantitative estimate of drug-likeness (QED) is 0.887. The summed E-state index contributed by atoms with van der Waals surface area (Å²) in [5.74, 6) is 1.23. The summed E-state index contributed by atoms with van der Waals surface area (Å²) in [6.45, 7) is 6.29. The van der Waals surface area contributed by atoms with Gasteiger partial charge in [0.2, 0.25) is 4.96 Å². The molecule has 0 aromatic carbocycles. The molecule has 16 heavy (non-hydrogen) atoms. The van der Waals surface area contributed by atoms with Crippen LogP contribution in [0.1, 0.15) is 56.4 Å². The van der Waals surface area contributed by atoms with Crippen LogP contribution < -0.4 is 5.73 Å². The minimum atomic E-state index is 0.0247. The maximum Gasteiger partial charge on any atom is 0.234 e. The lowest BCUT2D eigenvalue weighted by molar-refractivity contribution is 0.616. The van der Waals surface area contributed by atoms with E-state index < -0.39 is 0 Å². The molecule has 0 aliphatic carbocycles. The zero-order valence-electron chi connectivity index (χ0n) is 9.84. The molecule has 1 unspecified atom stereocenters. The first-order valence-corrected chi connectivity index (χ1v) is 6.42. The van der Waals surface area contributed by atoms with Crippen LogP contribution in [-0.4, -0.2) is 19.8 Å². The molecule has 2 aromatic rings. The first-order valence-electron chi connectivity index (χ1n) is 5.61. The van der Waals surface area contributed by atoms with Crippen LogP contribution in [-0.2, 0) is 0 Å². The zero-order chi connectivity index (χ0) is 11.7. The highest BCUT2D eigenvalue weighted by atomic mass is 32.1.